The van der Waals surface area contributed by atoms with Crippen molar-refractivity contribution >= 4 is 17.9 Å². The Bertz CT molecular complexity index is 363. The molecule has 1 atom stereocenters. The van der Waals surface area contributed by atoms with Gasteiger partial charge in [0.15, 0.2) is 11.5 Å². The second-order valence-corrected chi connectivity index (χ2v) is 3.76. The quantitative estimate of drug-likeness (QED) is 0.806. The molecule has 0 saturated carbocycles. The number of phenols is 1. The SMILES string of the molecule is COc1cc(Cl)c(C(C)CC=O)cc1O. The van der Waals surface area contributed by atoms with Crippen molar-refractivity contribution in [2.45, 2.75) is 19.3 Å². The smallest absolute Gasteiger partial charge is 0.161 e. The summed E-state index contributed by atoms with van der Waals surface area (Å²) in [5, 5.41) is 10.1. The molecule has 1 aromatic carbocycles. The Balaban J connectivity index is 3.09. The Kier molecular flexibility index (Phi) is 3.97. The lowest BCUT2D eigenvalue weighted by Crippen LogP contribution is -1.96. The summed E-state index contributed by atoms with van der Waals surface area (Å²) in [5.74, 6) is 0.364. The van der Waals surface area contributed by atoms with E-state index in [1.807, 2.05) is 6.92 Å². The lowest BCUT2D eigenvalue weighted by molar-refractivity contribution is -0.108. The van der Waals surface area contributed by atoms with E-state index in [0.29, 0.717) is 17.2 Å². The monoisotopic (exact) mass is 228 g/mol. The van der Waals surface area contributed by atoms with Crippen LogP contribution in [-0.2, 0) is 4.79 Å². The second-order valence-electron chi connectivity index (χ2n) is 3.35. The van der Waals surface area contributed by atoms with Gasteiger partial charge < -0.3 is 14.6 Å². The number of halogens is 1. The minimum atomic E-state index is -0.00759. The number of carbonyl (C=O) groups excluding carboxylic acids is 1. The van der Waals surface area contributed by atoms with E-state index in [1.54, 1.807) is 6.07 Å². The van der Waals surface area contributed by atoms with E-state index < -0.39 is 0 Å². The molecule has 1 N–H and O–H groups in total. The van der Waals surface area contributed by atoms with Gasteiger partial charge in [0.05, 0.1) is 7.11 Å². The number of aldehydes is 1. The van der Waals surface area contributed by atoms with Gasteiger partial charge in [-0.1, -0.05) is 18.5 Å². The third-order valence-corrected chi connectivity index (χ3v) is 2.61. The molecule has 0 bridgehead atoms. The van der Waals surface area contributed by atoms with Gasteiger partial charge in [0, 0.05) is 17.5 Å². The summed E-state index contributed by atoms with van der Waals surface area (Å²) in [6.07, 6.45) is 1.22. The Labute approximate surface area is 93.6 Å². The zero-order valence-electron chi connectivity index (χ0n) is 8.66. The van der Waals surface area contributed by atoms with Crippen LogP contribution in [0.4, 0.5) is 0 Å². The van der Waals surface area contributed by atoms with Gasteiger partial charge >= 0.3 is 0 Å². The van der Waals surface area contributed by atoms with Crippen LogP contribution in [0.3, 0.4) is 0 Å². The number of carbonyl (C=O) groups is 1. The lowest BCUT2D eigenvalue weighted by atomic mass is 9.98. The summed E-state index contributed by atoms with van der Waals surface area (Å²) < 4.78 is 4.92. The van der Waals surface area contributed by atoms with Crippen molar-refractivity contribution in [2.24, 2.45) is 0 Å². The van der Waals surface area contributed by atoms with Crippen LogP contribution in [0.15, 0.2) is 12.1 Å². The van der Waals surface area contributed by atoms with E-state index in [0.717, 1.165) is 11.8 Å². The molecule has 0 aliphatic heterocycles. The van der Waals surface area contributed by atoms with E-state index in [2.05, 4.69) is 0 Å². The van der Waals surface area contributed by atoms with Crippen LogP contribution in [0.5, 0.6) is 11.5 Å². The Morgan fingerprint density at radius 3 is 2.80 bits per heavy atom. The number of hydrogen-bond acceptors (Lipinski definition) is 3. The van der Waals surface area contributed by atoms with E-state index >= 15 is 0 Å². The number of phenolic OH excluding ortho intramolecular Hbond substituents is 1. The Morgan fingerprint density at radius 1 is 1.60 bits per heavy atom. The van der Waals surface area contributed by atoms with E-state index in [4.69, 9.17) is 16.3 Å². The molecule has 0 fully saturated rings. The maximum absolute atomic E-state index is 10.4. The molecular formula is C11H13ClO3. The van der Waals surface area contributed by atoms with Crippen molar-refractivity contribution < 1.29 is 14.6 Å². The van der Waals surface area contributed by atoms with Gasteiger partial charge in [-0.05, 0) is 17.5 Å². The van der Waals surface area contributed by atoms with Gasteiger partial charge in [0.25, 0.3) is 0 Å². The highest BCUT2D eigenvalue weighted by molar-refractivity contribution is 6.31. The van der Waals surface area contributed by atoms with Crippen LogP contribution in [0.1, 0.15) is 24.8 Å². The third kappa shape index (κ3) is 2.63. The van der Waals surface area contributed by atoms with Crippen LogP contribution in [-0.4, -0.2) is 18.5 Å². The fourth-order valence-corrected chi connectivity index (χ4v) is 1.71. The van der Waals surface area contributed by atoms with Crippen LogP contribution in [0.2, 0.25) is 5.02 Å². The second kappa shape index (κ2) is 5.03. The van der Waals surface area contributed by atoms with Crippen LogP contribution >= 0.6 is 11.6 Å². The molecule has 0 radical (unpaired) electrons. The van der Waals surface area contributed by atoms with Crippen LogP contribution in [0, 0.1) is 0 Å². The van der Waals surface area contributed by atoms with Gasteiger partial charge in [-0.25, -0.2) is 0 Å². The highest BCUT2D eigenvalue weighted by atomic mass is 35.5. The number of rotatable bonds is 4. The molecule has 0 aromatic heterocycles. The van der Waals surface area contributed by atoms with Crippen LogP contribution in [0.25, 0.3) is 0 Å². The van der Waals surface area contributed by atoms with Gasteiger partial charge in [-0.2, -0.15) is 0 Å². The number of ether oxygens (including phenoxy) is 1. The topological polar surface area (TPSA) is 46.5 Å². The van der Waals surface area contributed by atoms with Crippen LogP contribution < -0.4 is 4.74 Å². The zero-order chi connectivity index (χ0) is 11.4. The molecule has 1 aromatic rings. The largest absolute Gasteiger partial charge is 0.504 e. The minimum Gasteiger partial charge on any atom is -0.504 e. The van der Waals surface area contributed by atoms with Crippen molar-refractivity contribution in [2.75, 3.05) is 7.11 Å². The fourth-order valence-electron chi connectivity index (χ4n) is 1.37. The molecule has 15 heavy (non-hydrogen) atoms. The maximum atomic E-state index is 10.4. The first-order valence-electron chi connectivity index (χ1n) is 4.60. The van der Waals surface area contributed by atoms with Gasteiger partial charge in [0.1, 0.15) is 6.29 Å². The first kappa shape index (κ1) is 11.9. The molecule has 0 aliphatic rings. The van der Waals surface area contributed by atoms with Crippen molar-refractivity contribution in [1.82, 2.24) is 0 Å². The molecule has 1 unspecified atom stereocenters. The molecule has 0 amide bonds. The summed E-state index contributed by atoms with van der Waals surface area (Å²) in [5.41, 5.74) is 0.752. The molecule has 0 aliphatic carbocycles. The average molecular weight is 229 g/mol. The normalized spacial score (nSPS) is 12.2. The standard InChI is InChI=1S/C11H13ClO3/c1-7(3-4-13)8-5-10(14)11(15-2)6-9(8)12/h4-7,14H,3H2,1-2H3. The maximum Gasteiger partial charge on any atom is 0.161 e. The highest BCUT2D eigenvalue weighted by Crippen LogP contribution is 2.36. The Morgan fingerprint density at radius 2 is 2.27 bits per heavy atom. The number of methoxy groups -OCH3 is 1. The van der Waals surface area contributed by atoms with Crippen molar-refractivity contribution in [3.63, 3.8) is 0 Å². The summed E-state index contributed by atoms with van der Waals surface area (Å²) in [4.78, 5) is 10.4. The molecular weight excluding hydrogens is 216 g/mol. The van der Waals surface area contributed by atoms with E-state index in [9.17, 15) is 9.90 Å². The molecule has 3 nitrogen and oxygen atoms in total. The fraction of sp³-hybridized carbons (Fsp3) is 0.364. The first-order chi connectivity index (χ1) is 7.10. The number of hydrogen-bond donors (Lipinski definition) is 1. The molecule has 0 heterocycles. The number of aromatic hydroxyl groups is 1. The molecule has 0 spiro atoms. The Hall–Kier alpha value is -1.22. The van der Waals surface area contributed by atoms with Crippen molar-refractivity contribution in [1.29, 1.82) is 0 Å². The molecule has 0 saturated heterocycles. The van der Waals surface area contributed by atoms with Gasteiger partial charge in [-0.3, -0.25) is 0 Å². The van der Waals surface area contributed by atoms with E-state index in [1.165, 1.54) is 13.2 Å². The highest BCUT2D eigenvalue weighted by Gasteiger charge is 2.13. The van der Waals surface area contributed by atoms with Crippen molar-refractivity contribution in [3.8, 4) is 11.5 Å². The minimum absolute atomic E-state index is 0.00759. The average Bonchev–Trinajstić information content (AvgIpc) is 2.21. The first-order valence-corrected chi connectivity index (χ1v) is 4.98. The predicted molar refractivity (Wildman–Crippen MR) is 58.8 cm³/mol. The van der Waals surface area contributed by atoms with Gasteiger partial charge in [0.2, 0.25) is 0 Å². The molecule has 1 rings (SSSR count). The van der Waals surface area contributed by atoms with Gasteiger partial charge in [-0.15, -0.1) is 0 Å². The van der Waals surface area contributed by atoms with E-state index in [-0.39, 0.29) is 11.7 Å². The summed E-state index contributed by atoms with van der Waals surface area (Å²) in [7, 11) is 1.46. The molecule has 82 valence electrons. The summed E-state index contributed by atoms with van der Waals surface area (Å²) in [6.45, 7) is 1.88. The summed E-state index contributed by atoms with van der Waals surface area (Å²) >= 11 is 6.00. The predicted octanol–water partition coefficient (Wildman–Crippen LogP) is 2.75. The zero-order valence-corrected chi connectivity index (χ0v) is 9.41. The lowest BCUT2D eigenvalue weighted by Gasteiger charge is -2.13. The third-order valence-electron chi connectivity index (χ3n) is 2.28. The van der Waals surface area contributed by atoms with Crippen molar-refractivity contribution in [3.05, 3.63) is 22.7 Å². The summed E-state index contributed by atoms with van der Waals surface area (Å²) in [6, 6.07) is 3.09. The number of benzene rings is 1. The molecule has 4 heteroatoms.